The monoisotopic (exact) mass is 327 g/mol. The van der Waals surface area contributed by atoms with Crippen molar-refractivity contribution in [3.05, 3.63) is 65.5 Å². The molecule has 3 nitrogen and oxygen atoms in total. The highest BCUT2D eigenvalue weighted by Crippen LogP contribution is 2.22. The normalized spacial score (nSPS) is 11.8. The van der Waals surface area contributed by atoms with Gasteiger partial charge in [0.15, 0.2) is 0 Å². The van der Waals surface area contributed by atoms with Crippen molar-refractivity contribution < 1.29 is 12.8 Å². The minimum absolute atomic E-state index is 0.0361. The Labute approximate surface area is 129 Å². The van der Waals surface area contributed by atoms with Gasteiger partial charge in [-0.25, -0.2) is 12.8 Å². The van der Waals surface area contributed by atoms with Crippen molar-refractivity contribution >= 4 is 21.6 Å². The van der Waals surface area contributed by atoms with E-state index in [2.05, 4.69) is 0 Å². The molecule has 2 aromatic carbocycles. The molecule has 0 aliphatic heterocycles. The smallest absolute Gasteiger partial charge is 0.207 e. The third kappa shape index (κ3) is 3.43. The molecule has 0 spiro atoms. The van der Waals surface area contributed by atoms with Crippen LogP contribution in [0.3, 0.4) is 0 Å². The molecular formula is C15H15ClFNO2S. The Morgan fingerprint density at radius 2 is 1.62 bits per heavy atom. The molecule has 0 heterocycles. The van der Waals surface area contributed by atoms with Crippen LogP contribution in [-0.4, -0.2) is 19.8 Å². The van der Waals surface area contributed by atoms with Crippen molar-refractivity contribution in [3.63, 3.8) is 0 Å². The molecule has 0 atom stereocenters. The summed E-state index contributed by atoms with van der Waals surface area (Å²) in [5, 5.41) is 0. The minimum Gasteiger partial charge on any atom is -0.207 e. The van der Waals surface area contributed by atoms with Crippen LogP contribution in [0.4, 0.5) is 4.39 Å². The summed E-state index contributed by atoms with van der Waals surface area (Å²) in [5.41, 5.74) is 0.853. The SMILES string of the molecule is CN(Cc1ccccc1F)S(=O)(=O)c1ccccc1CCl. The number of benzene rings is 2. The standard InChI is InChI=1S/C15H15ClFNO2S/c1-18(11-13-7-2-4-8-14(13)17)21(19,20)15-9-5-3-6-12(15)10-16/h2-9H,10-11H2,1H3. The van der Waals surface area contributed by atoms with Crippen molar-refractivity contribution in [2.24, 2.45) is 0 Å². The zero-order chi connectivity index (χ0) is 15.5. The Hall–Kier alpha value is -1.43. The first kappa shape index (κ1) is 15.9. The zero-order valence-electron chi connectivity index (χ0n) is 11.5. The van der Waals surface area contributed by atoms with Gasteiger partial charge in [0.1, 0.15) is 5.82 Å². The van der Waals surface area contributed by atoms with E-state index < -0.39 is 15.8 Å². The Morgan fingerprint density at radius 1 is 1.05 bits per heavy atom. The van der Waals surface area contributed by atoms with Crippen molar-refractivity contribution in [2.45, 2.75) is 17.3 Å². The first-order valence-electron chi connectivity index (χ1n) is 6.30. The van der Waals surface area contributed by atoms with E-state index in [9.17, 15) is 12.8 Å². The van der Waals surface area contributed by atoms with Gasteiger partial charge in [0.25, 0.3) is 0 Å². The largest absolute Gasteiger partial charge is 0.243 e. The second-order valence-electron chi connectivity index (χ2n) is 4.59. The Bertz CT molecular complexity index is 734. The van der Waals surface area contributed by atoms with E-state index in [1.165, 1.54) is 19.2 Å². The maximum absolute atomic E-state index is 13.6. The van der Waals surface area contributed by atoms with E-state index in [1.54, 1.807) is 36.4 Å². The minimum atomic E-state index is -3.71. The van der Waals surface area contributed by atoms with Crippen LogP contribution in [0, 0.1) is 5.82 Å². The number of nitrogens with zero attached hydrogens (tertiary/aromatic N) is 1. The highest BCUT2D eigenvalue weighted by molar-refractivity contribution is 7.89. The third-order valence-corrected chi connectivity index (χ3v) is 5.35. The van der Waals surface area contributed by atoms with Gasteiger partial charge in [0.2, 0.25) is 10.0 Å². The highest BCUT2D eigenvalue weighted by Gasteiger charge is 2.24. The van der Waals surface area contributed by atoms with Crippen LogP contribution in [0.25, 0.3) is 0 Å². The molecule has 2 rings (SSSR count). The van der Waals surface area contributed by atoms with Gasteiger partial charge in [0, 0.05) is 25.0 Å². The van der Waals surface area contributed by atoms with Crippen LogP contribution in [0.15, 0.2) is 53.4 Å². The van der Waals surface area contributed by atoms with E-state index in [-0.39, 0.29) is 17.3 Å². The molecule has 0 bridgehead atoms. The molecule has 112 valence electrons. The van der Waals surface area contributed by atoms with E-state index in [0.29, 0.717) is 11.1 Å². The molecule has 0 aliphatic rings. The molecular weight excluding hydrogens is 313 g/mol. The first-order chi connectivity index (χ1) is 9.96. The van der Waals surface area contributed by atoms with Crippen molar-refractivity contribution in [1.29, 1.82) is 0 Å². The molecule has 0 fully saturated rings. The summed E-state index contributed by atoms with van der Waals surface area (Å²) in [6, 6.07) is 12.6. The lowest BCUT2D eigenvalue weighted by Crippen LogP contribution is -2.27. The van der Waals surface area contributed by atoms with Crippen molar-refractivity contribution in [3.8, 4) is 0 Å². The summed E-state index contributed by atoms with van der Waals surface area (Å²) in [7, 11) is -2.29. The molecule has 2 aromatic rings. The molecule has 0 aliphatic carbocycles. The number of alkyl halides is 1. The first-order valence-corrected chi connectivity index (χ1v) is 8.28. The fourth-order valence-electron chi connectivity index (χ4n) is 1.99. The maximum Gasteiger partial charge on any atom is 0.243 e. The van der Waals surface area contributed by atoms with Gasteiger partial charge in [-0.3, -0.25) is 0 Å². The van der Waals surface area contributed by atoms with Gasteiger partial charge in [-0.2, -0.15) is 4.31 Å². The quantitative estimate of drug-likeness (QED) is 0.789. The highest BCUT2D eigenvalue weighted by atomic mass is 35.5. The molecule has 0 N–H and O–H groups in total. The number of halogens is 2. The molecule has 0 radical (unpaired) electrons. The lowest BCUT2D eigenvalue weighted by molar-refractivity contribution is 0.456. The lowest BCUT2D eigenvalue weighted by Gasteiger charge is -2.19. The molecule has 0 amide bonds. The molecule has 6 heteroatoms. The van der Waals surface area contributed by atoms with Gasteiger partial charge in [-0.05, 0) is 17.7 Å². The van der Waals surface area contributed by atoms with Crippen LogP contribution in [0.5, 0.6) is 0 Å². The second kappa shape index (κ2) is 6.56. The van der Waals surface area contributed by atoms with E-state index in [4.69, 9.17) is 11.6 Å². The maximum atomic E-state index is 13.6. The summed E-state index contributed by atoms with van der Waals surface area (Å²) < 4.78 is 39.9. The summed E-state index contributed by atoms with van der Waals surface area (Å²) >= 11 is 5.79. The fraction of sp³-hybridized carbons (Fsp3) is 0.200. The fourth-order valence-corrected chi connectivity index (χ4v) is 3.66. The van der Waals surface area contributed by atoms with Crippen LogP contribution in [0.2, 0.25) is 0 Å². The van der Waals surface area contributed by atoms with E-state index in [0.717, 1.165) is 4.31 Å². The van der Waals surface area contributed by atoms with Gasteiger partial charge >= 0.3 is 0 Å². The van der Waals surface area contributed by atoms with Crippen LogP contribution < -0.4 is 0 Å². The van der Waals surface area contributed by atoms with Crippen LogP contribution in [0.1, 0.15) is 11.1 Å². The van der Waals surface area contributed by atoms with Gasteiger partial charge in [-0.15, -0.1) is 11.6 Å². The zero-order valence-corrected chi connectivity index (χ0v) is 13.0. The number of rotatable bonds is 5. The van der Waals surface area contributed by atoms with E-state index >= 15 is 0 Å². The van der Waals surface area contributed by atoms with Crippen molar-refractivity contribution in [2.75, 3.05) is 7.05 Å². The average molecular weight is 328 g/mol. The molecule has 21 heavy (non-hydrogen) atoms. The Kier molecular flexibility index (Phi) is 4.98. The molecule has 0 saturated carbocycles. The number of sulfonamides is 1. The second-order valence-corrected chi connectivity index (χ2v) is 6.87. The Balaban J connectivity index is 2.33. The summed E-state index contributed by atoms with van der Waals surface area (Å²) in [6.07, 6.45) is 0. The van der Waals surface area contributed by atoms with Crippen molar-refractivity contribution in [1.82, 2.24) is 4.31 Å². The summed E-state index contributed by atoms with van der Waals surface area (Å²) in [6.45, 7) is -0.0361. The Morgan fingerprint density at radius 3 is 2.24 bits per heavy atom. The van der Waals surface area contributed by atoms with E-state index in [1.807, 2.05) is 0 Å². The van der Waals surface area contributed by atoms with Crippen LogP contribution >= 0.6 is 11.6 Å². The summed E-state index contributed by atoms with van der Waals surface area (Å²) in [4.78, 5) is 0.152. The average Bonchev–Trinajstić information content (AvgIpc) is 2.49. The van der Waals surface area contributed by atoms with Gasteiger partial charge < -0.3 is 0 Å². The topological polar surface area (TPSA) is 37.4 Å². The number of hydrogen-bond acceptors (Lipinski definition) is 2. The predicted molar refractivity (Wildman–Crippen MR) is 81.1 cm³/mol. The van der Waals surface area contributed by atoms with Crippen LogP contribution in [-0.2, 0) is 22.4 Å². The van der Waals surface area contributed by atoms with Gasteiger partial charge in [0.05, 0.1) is 4.90 Å². The predicted octanol–water partition coefficient (Wildman–Crippen LogP) is 3.39. The lowest BCUT2D eigenvalue weighted by atomic mass is 10.2. The molecule has 0 saturated heterocycles. The molecule has 0 aromatic heterocycles. The van der Waals surface area contributed by atoms with Gasteiger partial charge in [-0.1, -0.05) is 36.4 Å². The molecule has 0 unspecified atom stereocenters. The summed E-state index contributed by atoms with van der Waals surface area (Å²) in [5.74, 6) is -0.326. The number of hydrogen-bond donors (Lipinski definition) is 0. The third-order valence-electron chi connectivity index (χ3n) is 3.16.